The van der Waals surface area contributed by atoms with Crippen molar-refractivity contribution in [2.24, 2.45) is 5.92 Å². The first-order valence-corrected chi connectivity index (χ1v) is 12.5. The van der Waals surface area contributed by atoms with Gasteiger partial charge in [0.15, 0.2) is 10.7 Å². The molecule has 7 nitrogen and oxygen atoms in total. The molecule has 0 aliphatic carbocycles. The summed E-state index contributed by atoms with van der Waals surface area (Å²) in [5.41, 5.74) is 2.71. The first-order valence-electron chi connectivity index (χ1n) is 11.0. The Balaban J connectivity index is 1.45. The average Bonchev–Trinajstić information content (AvgIpc) is 3.20. The van der Waals surface area contributed by atoms with Gasteiger partial charge in [0, 0.05) is 24.7 Å². The number of aryl methyl sites for hydroxylation is 2. The third kappa shape index (κ3) is 5.26. The van der Waals surface area contributed by atoms with Gasteiger partial charge in [-0.25, -0.2) is 12.8 Å². The molecule has 1 saturated heterocycles. The van der Waals surface area contributed by atoms with Crippen LogP contribution in [-0.2, 0) is 14.8 Å². The van der Waals surface area contributed by atoms with Gasteiger partial charge in [0.25, 0.3) is 0 Å². The van der Waals surface area contributed by atoms with Crippen LogP contribution in [0.5, 0.6) is 0 Å². The maximum Gasteiger partial charge on any atom is 0.248 e. The third-order valence-electron chi connectivity index (χ3n) is 5.85. The van der Waals surface area contributed by atoms with E-state index >= 15 is 0 Å². The van der Waals surface area contributed by atoms with Gasteiger partial charge in [0.05, 0.1) is 0 Å². The Bertz CT molecular complexity index is 1310. The van der Waals surface area contributed by atoms with Crippen LogP contribution < -0.4 is 5.32 Å². The summed E-state index contributed by atoms with van der Waals surface area (Å²) in [6.07, 6.45) is 4.11. The second-order valence-corrected chi connectivity index (χ2v) is 10.3. The van der Waals surface area contributed by atoms with Crippen LogP contribution in [0.4, 0.5) is 10.1 Å². The van der Waals surface area contributed by atoms with Crippen molar-refractivity contribution in [2.45, 2.75) is 31.6 Å². The highest BCUT2D eigenvalue weighted by molar-refractivity contribution is 7.89. The van der Waals surface area contributed by atoms with Crippen LogP contribution in [0.25, 0.3) is 12.2 Å². The number of sulfonamides is 1. The predicted molar refractivity (Wildman–Crippen MR) is 128 cm³/mol. The summed E-state index contributed by atoms with van der Waals surface area (Å²) in [6.45, 7) is 3.97. The smallest absolute Gasteiger partial charge is 0.248 e. The number of hydrogen-bond acceptors (Lipinski definition) is 5. The molecule has 0 spiro atoms. The molecule has 2 aromatic carbocycles. The second-order valence-electron chi connectivity index (χ2n) is 8.38. The van der Waals surface area contributed by atoms with Gasteiger partial charge < -0.3 is 9.84 Å². The van der Waals surface area contributed by atoms with Gasteiger partial charge in [0.1, 0.15) is 11.5 Å². The first-order chi connectivity index (χ1) is 16.2. The Morgan fingerprint density at radius 2 is 1.82 bits per heavy atom. The third-order valence-corrected chi connectivity index (χ3v) is 7.91. The molecule has 0 bridgehead atoms. The number of carbonyl (C=O) groups excluding carboxylic acids is 1. The van der Waals surface area contributed by atoms with Crippen LogP contribution in [0.1, 0.15) is 35.4 Å². The van der Waals surface area contributed by atoms with Crippen LogP contribution in [-0.4, -0.2) is 36.9 Å². The van der Waals surface area contributed by atoms with Gasteiger partial charge in [0.2, 0.25) is 15.9 Å². The molecule has 0 saturated carbocycles. The maximum atomic E-state index is 13.4. The van der Waals surface area contributed by atoms with E-state index in [1.54, 1.807) is 25.1 Å². The zero-order valence-corrected chi connectivity index (χ0v) is 19.8. The molecule has 9 heteroatoms. The summed E-state index contributed by atoms with van der Waals surface area (Å²) >= 11 is 0. The van der Waals surface area contributed by atoms with Crippen LogP contribution >= 0.6 is 0 Å². The fourth-order valence-corrected chi connectivity index (χ4v) is 5.67. The Kier molecular flexibility index (Phi) is 6.95. The molecule has 1 aromatic heterocycles. The number of benzene rings is 2. The van der Waals surface area contributed by atoms with E-state index in [1.165, 1.54) is 22.5 Å². The highest BCUT2D eigenvalue weighted by atomic mass is 32.2. The molecule has 1 fully saturated rings. The number of rotatable bonds is 6. The van der Waals surface area contributed by atoms with Crippen molar-refractivity contribution in [2.75, 3.05) is 18.4 Å². The quantitative estimate of drug-likeness (QED) is 0.551. The second kappa shape index (κ2) is 9.90. The lowest BCUT2D eigenvalue weighted by molar-refractivity contribution is -0.120. The zero-order valence-electron chi connectivity index (χ0n) is 19.0. The van der Waals surface area contributed by atoms with Crippen LogP contribution in [0.2, 0.25) is 0 Å². The molecular formula is C25H26FN3O4S. The minimum atomic E-state index is -3.86. The SMILES string of the molecule is Cc1ccc(C=Cc2onc(C)c2S(=O)(=O)N2CCC(C(=O)Nc3cccc(F)c3)CC2)cc1. The Labute approximate surface area is 198 Å². The molecule has 1 aliphatic heterocycles. The van der Waals surface area contributed by atoms with Crippen LogP contribution in [0, 0.1) is 25.6 Å². The summed E-state index contributed by atoms with van der Waals surface area (Å²) in [4.78, 5) is 12.6. The minimum absolute atomic E-state index is 0.0403. The predicted octanol–water partition coefficient (Wildman–Crippen LogP) is 4.64. The fraction of sp³-hybridized carbons (Fsp3) is 0.280. The summed E-state index contributed by atoms with van der Waals surface area (Å²) < 4.78 is 46.8. The molecule has 0 radical (unpaired) electrons. The largest absolute Gasteiger partial charge is 0.355 e. The fourth-order valence-electron chi connectivity index (χ4n) is 3.95. The van der Waals surface area contributed by atoms with Gasteiger partial charge in [-0.05, 0) is 56.5 Å². The van der Waals surface area contributed by atoms with Crippen molar-refractivity contribution in [1.82, 2.24) is 9.46 Å². The Morgan fingerprint density at radius 3 is 2.50 bits per heavy atom. The lowest BCUT2D eigenvalue weighted by Gasteiger charge is -2.30. The number of carbonyl (C=O) groups is 1. The first kappa shape index (κ1) is 23.8. The lowest BCUT2D eigenvalue weighted by Crippen LogP contribution is -2.41. The zero-order chi connectivity index (χ0) is 24.3. The van der Waals surface area contributed by atoms with Gasteiger partial charge in [-0.2, -0.15) is 4.31 Å². The number of halogens is 1. The van der Waals surface area contributed by atoms with Crippen molar-refractivity contribution in [3.63, 3.8) is 0 Å². The van der Waals surface area contributed by atoms with E-state index in [-0.39, 0.29) is 41.3 Å². The summed E-state index contributed by atoms with van der Waals surface area (Å²) in [5, 5.41) is 6.58. The summed E-state index contributed by atoms with van der Waals surface area (Å²) in [6, 6.07) is 13.5. The number of amides is 1. The monoisotopic (exact) mass is 483 g/mol. The van der Waals surface area contributed by atoms with E-state index in [2.05, 4.69) is 10.5 Å². The van der Waals surface area contributed by atoms with E-state index in [4.69, 9.17) is 4.52 Å². The number of anilines is 1. The molecule has 34 heavy (non-hydrogen) atoms. The molecule has 0 atom stereocenters. The van der Waals surface area contributed by atoms with Gasteiger partial charge >= 0.3 is 0 Å². The number of nitrogens with one attached hydrogen (secondary N) is 1. The van der Waals surface area contributed by atoms with Crippen molar-refractivity contribution in [3.05, 3.63) is 76.9 Å². The van der Waals surface area contributed by atoms with Crippen LogP contribution in [0.15, 0.2) is 57.9 Å². The number of piperidine rings is 1. The standard InChI is InChI=1S/C25H26FN3O4S/c1-17-6-8-19(9-7-17)10-11-23-24(18(2)28-33-23)34(31,32)29-14-12-20(13-15-29)25(30)27-22-5-3-4-21(26)16-22/h3-11,16,20H,12-15H2,1-2H3,(H,27,30). The molecular weight excluding hydrogens is 457 g/mol. The molecule has 2 heterocycles. The Morgan fingerprint density at radius 1 is 1.12 bits per heavy atom. The molecule has 1 aliphatic rings. The summed E-state index contributed by atoms with van der Waals surface area (Å²) in [7, 11) is -3.86. The van der Waals surface area contributed by atoms with E-state index < -0.39 is 15.8 Å². The maximum absolute atomic E-state index is 13.4. The van der Waals surface area contributed by atoms with Gasteiger partial charge in [-0.3, -0.25) is 4.79 Å². The number of nitrogens with zero attached hydrogens (tertiary/aromatic N) is 2. The molecule has 3 aromatic rings. The van der Waals surface area contributed by atoms with Crippen molar-refractivity contribution < 1.29 is 22.1 Å². The molecule has 1 amide bonds. The van der Waals surface area contributed by atoms with E-state index in [0.29, 0.717) is 18.5 Å². The number of hydrogen-bond donors (Lipinski definition) is 1. The molecule has 4 rings (SSSR count). The topological polar surface area (TPSA) is 92.5 Å². The van der Waals surface area contributed by atoms with E-state index in [1.807, 2.05) is 31.2 Å². The van der Waals surface area contributed by atoms with Crippen LogP contribution in [0.3, 0.4) is 0 Å². The van der Waals surface area contributed by atoms with Crippen molar-refractivity contribution in [3.8, 4) is 0 Å². The summed E-state index contributed by atoms with van der Waals surface area (Å²) in [5.74, 6) is -0.871. The van der Waals surface area contributed by atoms with Gasteiger partial charge in [-0.15, -0.1) is 0 Å². The van der Waals surface area contributed by atoms with Crippen molar-refractivity contribution >= 4 is 33.8 Å². The molecule has 178 valence electrons. The highest BCUT2D eigenvalue weighted by Crippen LogP contribution is 2.29. The van der Waals surface area contributed by atoms with E-state index in [9.17, 15) is 17.6 Å². The number of aromatic nitrogens is 1. The molecule has 1 N–H and O–H groups in total. The lowest BCUT2D eigenvalue weighted by atomic mass is 9.97. The van der Waals surface area contributed by atoms with E-state index in [0.717, 1.165) is 11.1 Å². The highest BCUT2D eigenvalue weighted by Gasteiger charge is 2.35. The average molecular weight is 484 g/mol. The van der Waals surface area contributed by atoms with Gasteiger partial charge in [-0.1, -0.05) is 47.1 Å². The Hall–Kier alpha value is -3.30. The van der Waals surface area contributed by atoms with Crippen molar-refractivity contribution in [1.29, 1.82) is 0 Å². The minimum Gasteiger partial charge on any atom is -0.355 e. The molecule has 0 unspecified atom stereocenters. The normalized spacial score (nSPS) is 15.6.